The summed E-state index contributed by atoms with van der Waals surface area (Å²) in [5.74, 6) is 0.787. The van der Waals surface area contributed by atoms with Crippen molar-refractivity contribution in [1.29, 1.82) is 0 Å². The van der Waals surface area contributed by atoms with E-state index in [9.17, 15) is 4.79 Å². The summed E-state index contributed by atoms with van der Waals surface area (Å²) in [6.45, 7) is 3.42. The molecule has 4 aromatic rings. The molecule has 0 bridgehead atoms. The Morgan fingerprint density at radius 1 is 1.00 bits per heavy atom. The molecule has 4 heterocycles. The van der Waals surface area contributed by atoms with Gasteiger partial charge in [0.05, 0.1) is 30.0 Å². The van der Waals surface area contributed by atoms with Crippen LogP contribution in [0.3, 0.4) is 0 Å². The molecule has 6 rings (SSSR count). The van der Waals surface area contributed by atoms with Crippen LogP contribution in [0.1, 0.15) is 43.9 Å². The molecule has 186 valence electrons. The lowest BCUT2D eigenvalue weighted by Crippen LogP contribution is -2.40. The van der Waals surface area contributed by atoms with E-state index in [4.69, 9.17) is 9.72 Å². The number of rotatable bonds is 6. The quantitative estimate of drug-likeness (QED) is 0.384. The number of fused-ring (bicyclic) bond motifs is 1. The van der Waals surface area contributed by atoms with Crippen LogP contribution in [0.4, 0.5) is 0 Å². The van der Waals surface area contributed by atoms with Crippen LogP contribution in [0.15, 0.2) is 67.3 Å². The van der Waals surface area contributed by atoms with E-state index in [2.05, 4.69) is 34.1 Å². The van der Waals surface area contributed by atoms with Crippen molar-refractivity contribution in [2.45, 2.75) is 51.3 Å². The van der Waals surface area contributed by atoms with E-state index >= 15 is 0 Å². The van der Waals surface area contributed by atoms with Gasteiger partial charge in [-0.3, -0.25) is 4.79 Å². The third-order valence-corrected chi connectivity index (χ3v) is 7.63. The lowest BCUT2D eigenvalue weighted by molar-refractivity contribution is -0.131. The fourth-order valence-corrected chi connectivity index (χ4v) is 5.49. The van der Waals surface area contributed by atoms with Crippen LogP contribution in [0.5, 0.6) is 0 Å². The third-order valence-electron chi connectivity index (χ3n) is 7.63. The highest BCUT2D eigenvalue weighted by Crippen LogP contribution is 2.28. The molecule has 0 saturated carbocycles. The Bertz CT molecular complexity index is 1310. The lowest BCUT2D eigenvalue weighted by atomic mass is 9.96. The monoisotopic (exact) mass is 483 g/mol. The van der Waals surface area contributed by atoms with Gasteiger partial charge in [0.1, 0.15) is 6.23 Å². The average molecular weight is 484 g/mol. The molecule has 1 atom stereocenters. The summed E-state index contributed by atoms with van der Waals surface area (Å²) in [4.78, 5) is 19.4. The largest absolute Gasteiger partial charge is 0.357 e. The van der Waals surface area contributed by atoms with Gasteiger partial charge in [-0.25, -0.2) is 9.67 Å². The first-order valence-corrected chi connectivity index (χ1v) is 13.2. The minimum atomic E-state index is 0.0514. The van der Waals surface area contributed by atoms with Crippen molar-refractivity contribution in [2.24, 2.45) is 5.92 Å². The Morgan fingerprint density at radius 3 is 2.67 bits per heavy atom. The standard InChI is InChI=1S/C29H33N5O2/c35-28(16-22-6-2-1-3-7-22)32-13-11-23(12-14-32)19-33-21-30-26-17-24(9-10-27(26)33)25-18-31-34(20-25)29-8-4-5-15-36-29/h1-3,6-7,9-10,17-18,20-21,23,29H,4-5,8,11-16,19H2. The fraction of sp³-hybridized carbons (Fsp3) is 0.414. The van der Waals surface area contributed by atoms with Crippen molar-refractivity contribution in [1.82, 2.24) is 24.2 Å². The van der Waals surface area contributed by atoms with Crippen molar-refractivity contribution in [3.8, 4) is 11.1 Å². The van der Waals surface area contributed by atoms with Gasteiger partial charge in [0.2, 0.25) is 5.91 Å². The molecule has 7 nitrogen and oxygen atoms in total. The highest BCUT2D eigenvalue weighted by atomic mass is 16.5. The summed E-state index contributed by atoms with van der Waals surface area (Å²) in [6, 6.07) is 16.5. The van der Waals surface area contributed by atoms with Crippen LogP contribution >= 0.6 is 0 Å². The summed E-state index contributed by atoms with van der Waals surface area (Å²) in [6.07, 6.45) is 11.9. The fourth-order valence-electron chi connectivity index (χ4n) is 5.49. The molecule has 2 aliphatic rings. The van der Waals surface area contributed by atoms with Crippen LogP contribution in [-0.4, -0.2) is 49.8 Å². The van der Waals surface area contributed by atoms with Gasteiger partial charge in [0, 0.05) is 38.0 Å². The molecule has 2 aromatic heterocycles. The van der Waals surface area contributed by atoms with Crippen molar-refractivity contribution in [2.75, 3.05) is 19.7 Å². The predicted molar refractivity (Wildman–Crippen MR) is 139 cm³/mol. The second-order valence-corrected chi connectivity index (χ2v) is 10.1. The molecule has 1 amide bonds. The maximum absolute atomic E-state index is 12.7. The Hall–Kier alpha value is -3.45. The molecule has 36 heavy (non-hydrogen) atoms. The second kappa shape index (κ2) is 10.3. The maximum atomic E-state index is 12.7. The Balaban J connectivity index is 1.07. The zero-order valence-corrected chi connectivity index (χ0v) is 20.6. The molecule has 0 N–H and O–H groups in total. The Kier molecular flexibility index (Phi) is 6.55. The summed E-state index contributed by atoms with van der Waals surface area (Å²) in [7, 11) is 0. The minimum absolute atomic E-state index is 0.0514. The zero-order valence-electron chi connectivity index (χ0n) is 20.6. The molecular formula is C29H33N5O2. The molecule has 0 spiro atoms. The van der Waals surface area contributed by atoms with E-state index in [0.717, 1.165) is 79.6 Å². The lowest BCUT2D eigenvalue weighted by Gasteiger charge is -2.32. The van der Waals surface area contributed by atoms with Crippen molar-refractivity contribution in [3.05, 3.63) is 72.8 Å². The van der Waals surface area contributed by atoms with Crippen LogP contribution < -0.4 is 0 Å². The highest BCUT2D eigenvalue weighted by molar-refractivity contribution is 5.82. The van der Waals surface area contributed by atoms with E-state index in [-0.39, 0.29) is 12.1 Å². The molecule has 2 aromatic carbocycles. The predicted octanol–water partition coefficient (Wildman–Crippen LogP) is 5.08. The number of carbonyl (C=O) groups excluding carboxylic acids is 1. The molecule has 2 fully saturated rings. The van der Waals surface area contributed by atoms with Gasteiger partial charge in [-0.2, -0.15) is 5.10 Å². The number of piperidine rings is 1. The van der Waals surface area contributed by atoms with Crippen molar-refractivity contribution in [3.63, 3.8) is 0 Å². The highest BCUT2D eigenvalue weighted by Gasteiger charge is 2.24. The number of hydrogen-bond donors (Lipinski definition) is 0. The van der Waals surface area contributed by atoms with Crippen molar-refractivity contribution >= 4 is 16.9 Å². The topological polar surface area (TPSA) is 65.2 Å². The first-order chi connectivity index (χ1) is 17.7. The average Bonchev–Trinajstić information content (AvgIpc) is 3.58. The number of carbonyl (C=O) groups is 1. The van der Waals surface area contributed by atoms with Gasteiger partial charge in [0.25, 0.3) is 0 Å². The third kappa shape index (κ3) is 4.93. The number of ether oxygens (including phenoxy) is 1. The van der Waals surface area contributed by atoms with Crippen molar-refractivity contribution < 1.29 is 9.53 Å². The number of amides is 1. The van der Waals surface area contributed by atoms with E-state index in [1.165, 1.54) is 6.42 Å². The molecule has 1 unspecified atom stereocenters. The number of imidazole rings is 1. The Labute approximate surface area is 211 Å². The number of aromatic nitrogens is 4. The first kappa shape index (κ1) is 23.0. The zero-order chi connectivity index (χ0) is 24.3. The molecule has 0 aliphatic carbocycles. The first-order valence-electron chi connectivity index (χ1n) is 13.2. The Morgan fingerprint density at radius 2 is 1.86 bits per heavy atom. The maximum Gasteiger partial charge on any atom is 0.226 e. The van der Waals surface area contributed by atoms with Crippen LogP contribution in [-0.2, 0) is 22.5 Å². The minimum Gasteiger partial charge on any atom is -0.357 e. The number of benzene rings is 2. The van der Waals surface area contributed by atoms with E-state index in [1.54, 1.807) is 0 Å². The second-order valence-electron chi connectivity index (χ2n) is 10.1. The molecule has 7 heteroatoms. The van der Waals surface area contributed by atoms with Gasteiger partial charge in [-0.15, -0.1) is 0 Å². The van der Waals surface area contributed by atoms with Gasteiger partial charge in [-0.05, 0) is 61.3 Å². The van der Waals surface area contributed by atoms with Gasteiger partial charge >= 0.3 is 0 Å². The normalized spacial score (nSPS) is 19.1. The summed E-state index contributed by atoms with van der Waals surface area (Å²) in [5.41, 5.74) is 5.46. The molecular weight excluding hydrogens is 450 g/mol. The molecule has 0 radical (unpaired) electrons. The smallest absolute Gasteiger partial charge is 0.226 e. The van der Waals surface area contributed by atoms with Gasteiger partial charge < -0.3 is 14.2 Å². The van der Waals surface area contributed by atoms with E-state index in [1.807, 2.05) is 52.4 Å². The summed E-state index contributed by atoms with van der Waals surface area (Å²) in [5, 5.41) is 4.56. The van der Waals surface area contributed by atoms with Gasteiger partial charge in [-0.1, -0.05) is 36.4 Å². The molecule has 2 aliphatic heterocycles. The number of nitrogens with zero attached hydrogens (tertiary/aromatic N) is 5. The SMILES string of the molecule is O=C(Cc1ccccc1)N1CCC(Cn2cnc3cc(-c4cnn(C5CCCCO5)c4)ccc32)CC1. The number of hydrogen-bond acceptors (Lipinski definition) is 4. The van der Waals surface area contributed by atoms with Crippen LogP contribution in [0.2, 0.25) is 0 Å². The van der Waals surface area contributed by atoms with Crippen LogP contribution in [0.25, 0.3) is 22.2 Å². The molecule has 2 saturated heterocycles. The van der Waals surface area contributed by atoms with E-state index < -0.39 is 0 Å². The number of likely N-dealkylation sites (tertiary alicyclic amines) is 1. The van der Waals surface area contributed by atoms with E-state index in [0.29, 0.717) is 12.3 Å². The van der Waals surface area contributed by atoms with Gasteiger partial charge in [0.15, 0.2) is 0 Å². The van der Waals surface area contributed by atoms with Crippen LogP contribution in [0, 0.1) is 5.92 Å². The summed E-state index contributed by atoms with van der Waals surface area (Å²) >= 11 is 0. The summed E-state index contributed by atoms with van der Waals surface area (Å²) < 4.78 is 10.1.